The third-order valence-electron chi connectivity index (χ3n) is 4.85. The summed E-state index contributed by atoms with van der Waals surface area (Å²) in [5, 5.41) is 12.3. The molecule has 166 valence electrons. The first-order valence-corrected chi connectivity index (χ1v) is 11.6. The van der Waals surface area contributed by atoms with E-state index < -0.39 is 0 Å². The Hall–Kier alpha value is -3.42. The van der Waals surface area contributed by atoms with Gasteiger partial charge in [0.2, 0.25) is 11.8 Å². The first-order valence-electron chi connectivity index (χ1n) is 10.3. The monoisotopic (exact) mass is 476 g/mol. The lowest BCUT2D eigenvalue weighted by Gasteiger charge is -2.11. The fourth-order valence-corrected chi connectivity index (χ4v) is 4.10. The maximum atomic E-state index is 12.4. The van der Waals surface area contributed by atoms with E-state index in [9.17, 15) is 9.59 Å². The molecule has 0 aliphatic heterocycles. The molecule has 4 aromatic rings. The Kier molecular flexibility index (Phi) is 7.22. The van der Waals surface area contributed by atoms with Gasteiger partial charge in [0.25, 0.3) is 0 Å². The molecule has 8 heteroatoms. The first-order chi connectivity index (χ1) is 16.0. The lowest BCUT2D eigenvalue weighted by Crippen LogP contribution is -2.33. The third kappa shape index (κ3) is 5.88. The molecule has 0 fully saturated rings. The Bertz CT molecular complexity index is 1260. The van der Waals surface area contributed by atoms with E-state index in [-0.39, 0.29) is 24.0 Å². The molecule has 0 unspecified atom stereocenters. The number of rotatable bonds is 7. The molecule has 0 radical (unpaired) electrons. The van der Waals surface area contributed by atoms with Crippen LogP contribution >= 0.6 is 23.4 Å². The van der Waals surface area contributed by atoms with Gasteiger partial charge in [-0.2, -0.15) is 0 Å². The van der Waals surface area contributed by atoms with E-state index in [0.29, 0.717) is 16.0 Å². The number of carbonyl (C=O) groups is 2. The van der Waals surface area contributed by atoms with Gasteiger partial charge in [0.05, 0.1) is 12.2 Å². The predicted molar refractivity (Wildman–Crippen MR) is 131 cm³/mol. The number of benzene rings is 3. The minimum Gasteiger partial charge on any atom is -0.295 e. The molecule has 0 atom stereocenters. The number of imide groups is 1. The highest BCUT2D eigenvalue weighted by atomic mass is 35.5. The van der Waals surface area contributed by atoms with Crippen molar-refractivity contribution in [3.63, 3.8) is 0 Å². The number of aromatic nitrogens is 3. The second-order valence-corrected chi connectivity index (χ2v) is 8.79. The smallest absolute Gasteiger partial charge is 0.237 e. The quantitative estimate of drug-likeness (QED) is 0.385. The van der Waals surface area contributed by atoms with Crippen LogP contribution in [0.25, 0.3) is 17.1 Å². The highest BCUT2D eigenvalue weighted by Gasteiger charge is 2.18. The molecular formula is C25H21ClN4O2S. The van der Waals surface area contributed by atoms with Crippen molar-refractivity contribution in [3.05, 3.63) is 95.0 Å². The van der Waals surface area contributed by atoms with Crippen LogP contribution in [0.15, 0.2) is 84.0 Å². The van der Waals surface area contributed by atoms with Crippen molar-refractivity contribution in [3.8, 4) is 17.1 Å². The SMILES string of the molecule is Cc1ccc(-c2nnc(SCC(=O)NC(=O)Cc3ccccc3)n2-c2ccc(Cl)cc2)cc1. The summed E-state index contributed by atoms with van der Waals surface area (Å²) in [6, 6.07) is 24.6. The normalized spacial score (nSPS) is 10.7. The summed E-state index contributed by atoms with van der Waals surface area (Å²) in [4.78, 5) is 24.6. The second-order valence-electron chi connectivity index (χ2n) is 7.41. The van der Waals surface area contributed by atoms with Crippen LogP contribution < -0.4 is 5.32 Å². The van der Waals surface area contributed by atoms with E-state index in [1.165, 1.54) is 11.8 Å². The molecule has 33 heavy (non-hydrogen) atoms. The number of halogens is 1. The summed E-state index contributed by atoms with van der Waals surface area (Å²) in [5.41, 5.74) is 3.71. The maximum Gasteiger partial charge on any atom is 0.237 e. The number of nitrogens with zero attached hydrogens (tertiary/aromatic N) is 3. The average molecular weight is 477 g/mol. The number of nitrogens with one attached hydrogen (secondary N) is 1. The summed E-state index contributed by atoms with van der Waals surface area (Å²) < 4.78 is 1.88. The molecule has 0 saturated carbocycles. The van der Waals surface area contributed by atoms with Gasteiger partial charge < -0.3 is 0 Å². The fourth-order valence-electron chi connectivity index (χ4n) is 3.22. The molecule has 0 bridgehead atoms. The van der Waals surface area contributed by atoms with Gasteiger partial charge in [0.15, 0.2) is 11.0 Å². The molecule has 3 aromatic carbocycles. The summed E-state index contributed by atoms with van der Waals surface area (Å²) in [6.07, 6.45) is 0.149. The molecule has 1 aromatic heterocycles. The van der Waals surface area contributed by atoms with Gasteiger partial charge in [-0.25, -0.2) is 0 Å². The van der Waals surface area contributed by atoms with Crippen molar-refractivity contribution < 1.29 is 9.59 Å². The molecule has 2 amide bonds. The van der Waals surface area contributed by atoms with Crippen LogP contribution in [0.5, 0.6) is 0 Å². The zero-order chi connectivity index (χ0) is 23.2. The van der Waals surface area contributed by atoms with Gasteiger partial charge in [-0.1, -0.05) is 83.5 Å². The minimum absolute atomic E-state index is 0.0279. The highest BCUT2D eigenvalue weighted by molar-refractivity contribution is 7.99. The lowest BCUT2D eigenvalue weighted by atomic mass is 10.1. The minimum atomic E-state index is -0.386. The van der Waals surface area contributed by atoms with Gasteiger partial charge in [0, 0.05) is 16.3 Å². The molecule has 0 spiro atoms. The largest absolute Gasteiger partial charge is 0.295 e. The van der Waals surface area contributed by atoms with Crippen LogP contribution in [0.3, 0.4) is 0 Å². The number of hydrogen-bond donors (Lipinski definition) is 1. The van der Waals surface area contributed by atoms with Crippen molar-refractivity contribution in [2.75, 3.05) is 5.75 Å². The Morgan fingerprint density at radius 2 is 1.61 bits per heavy atom. The number of hydrogen-bond acceptors (Lipinski definition) is 5. The number of thioether (sulfide) groups is 1. The molecule has 4 rings (SSSR count). The lowest BCUT2D eigenvalue weighted by molar-refractivity contribution is -0.128. The van der Waals surface area contributed by atoms with Crippen LogP contribution in [-0.4, -0.2) is 32.3 Å². The highest BCUT2D eigenvalue weighted by Crippen LogP contribution is 2.28. The van der Waals surface area contributed by atoms with Gasteiger partial charge in [-0.05, 0) is 36.8 Å². The maximum absolute atomic E-state index is 12.4. The Morgan fingerprint density at radius 3 is 2.30 bits per heavy atom. The van der Waals surface area contributed by atoms with Crippen LogP contribution in [0.4, 0.5) is 0 Å². The van der Waals surface area contributed by atoms with Gasteiger partial charge in [0.1, 0.15) is 0 Å². The Morgan fingerprint density at radius 1 is 0.909 bits per heavy atom. The third-order valence-corrected chi connectivity index (χ3v) is 6.03. The molecule has 0 aliphatic rings. The van der Waals surface area contributed by atoms with Crippen molar-refractivity contribution >= 4 is 35.2 Å². The van der Waals surface area contributed by atoms with E-state index in [1.54, 1.807) is 12.1 Å². The first kappa shape index (κ1) is 22.8. The summed E-state index contributed by atoms with van der Waals surface area (Å²) in [5.74, 6) is -0.0460. The summed E-state index contributed by atoms with van der Waals surface area (Å²) in [7, 11) is 0. The zero-order valence-electron chi connectivity index (χ0n) is 17.9. The second kappa shape index (κ2) is 10.5. The van der Waals surface area contributed by atoms with Crippen LogP contribution in [0, 0.1) is 6.92 Å². The molecule has 0 saturated heterocycles. The van der Waals surface area contributed by atoms with Crippen molar-refractivity contribution in [2.45, 2.75) is 18.5 Å². The van der Waals surface area contributed by atoms with Crippen LogP contribution in [0.1, 0.15) is 11.1 Å². The van der Waals surface area contributed by atoms with Crippen LogP contribution in [-0.2, 0) is 16.0 Å². The van der Waals surface area contributed by atoms with Gasteiger partial charge in [-0.15, -0.1) is 10.2 Å². The van der Waals surface area contributed by atoms with Crippen LogP contribution in [0.2, 0.25) is 5.02 Å². The average Bonchev–Trinajstić information content (AvgIpc) is 3.23. The summed E-state index contributed by atoms with van der Waals surface area (Å²) >= 11 is 7.28. The fraction of sp³-hybridized carbons (Fsp3) is 0.120. The van der Waals surface area contributed by atoms with Gasteiger partial charge >= 0.3 is 0 Å². The molecule has 0 aliphatic carbocycles. The van der Waals surface area contributed by atoms with Crippen molar-refractivity contribution in [2.24, 2.45) is 0 Å². The van der Waals surface area contributed by atoms with E-state index in [1.807, 2.05) is 78.2 Å². The van der Waals surface area contributed by atoms with E-state index >= 15 is 0 Å². The standard InChI is InChI=1S/C25H21ClN4O2S/c1-17-7-9-19(10-8-17)24-28-29-25(30(24)21-13-11-20(26)12-14-21)33-16-23(32)27-22(31)15-18-5-3-2-4-6-18/h2-14H,15-16H2,1H3,(H,27,31,32). The Labute approximate surface area is 201 Å². The number of carbonyl (C=O) groups excluding carboxylic acids is 2. The molecular weight excluding hydrogens is 456 g/mol. The topological polar surface area (TPSA) is 76.9 Å². The summed E-state index contributed by atoms with van der Waals surface area (Å²) in [6.45, 7) is 2.02. The predicted octanol–water partition coefficient (Wildman–Crippen LogP) is 4.87. The number of amides is 2. The number of aryl methyl sites for hydroxylation is 1. The zero-order valence-corrected chi connectivity index (χ0v) is 19.4. The van der Waals surface area contributed by atoms with Crippen molar-refractivity contribution in [1.29, 1.82) is 0 Å². The molecule has 1 N–H and O–H groups in total. The molecule has 6 nitrogen and oxygen atoms in total. The molecule has 1 heterocycles. The van der Waals surface area contributed by atoms with E-state index in [4.69, 9.17) is 11.6 Å². The van der Waals surface area contributed by atoms with E-state index in [2.05, 4.69) is 15.5 Å². The van der Waals surface area contributed by atoms with Gasteiger partial charge in [-0.3, -0.25) is 19.5 Å². The van der Waals surface area contributed by atoms with Crippen molar-refractivity contribution in [1.82, 2.24) is 20.1 Å². The Balaban J connectivity index is 1.51. The van der Waals surface area contributed by atoms with E-state index in [0.717, 1.165) is 22.4 Å².